The third-order valence-corrected chi connectivity index (χ3v) is 6.92. The average molecular weight is 467 g/mol. The number of rotatable bonds is 17. The molecule has 7 heteroatoms. The van der Waals surface area contributed by atoms with E-state index in [2.05, 4.69) is 16.9 Å². The molecule has 0 aliphatic heterocycles. The van der Waals surface area contributed by atoms with Crippen molar-refractivity contribution < 1.29 is 13.0 Å². The van der Waals surface area contributed by atoms with Crippen LogP contribution in [0.3, 0.4) is 0 Å². The van der Waals surface area contributed by atoms with Crippen LogP contribution in [0, 0.1) is 0 Å². The molecule has 1 heterocycles. The molecule has 0 saturated heterocycles. The van der Waals surface area contributed by atoms with E-state index in [0.717, 1.165) is 23.5 Å². The number of imidazole rings is 1. The van der Waals surface area contributed by atoms with E-state index in [1.54, 1.807) is 6.07 Å². The summed E-state index contributed by atoms with van der Waals surface area (Å²) in [6.07, 6.45) is 18.9. The summed E-state index contributed by atoms with van der Waals surface area (Å²) in [5, 5.41) is 0. The number of nitrogens with zero attached hydrogens (tertiary/aromatic N) is 1. The molecule has 31 heavy (non-hydrogen) atoms. The van der Waals surface area contributed by atoms with Crippen molar-refractivity contribution in [2.75, 3.05) is 0 Å². The summed E-state index contributed by atoms with van der Waals surface area (Å²) in [5.74, 6) is 0.738. The van der Waals surface area contributed by atoms with Crippen LogP contribution < -0.4 is 0 Å². The normalized spacial score (nSPS) is 11.9. The lowest BCUT2D eigenvalue weighted by molar-refractivity contribution is 0.483. The predicted molar refractivity (Wildman–Crippen MR) is 133 cm³/mol. The van der Waals surface area contributed by atoms with Gasteiger partial charge in [-0.05, 0) is 31.0 Å². The zero-order chi connectivity index (χ0) is 22.5. The molecular formula is C24H38N2O3S2. The Kier molecular flexibility index (Phi) is 11.7. The van der Waals surface area contributed by atoms with Crippen LogP contribution in [0.5, 0.6) is 0 Å². The van der Waals surface area contributed by atoms with E-state index in [0.29, 0.717) is 17.5 Å². The van der Waals surface area contributed by atoms with Gasteiger partial charge in [0.2, 0.25) is 0 Å². The quantitative estimate of drug-likeness (QED) is 0.146. The van der Waals surface area contributed by atoms with Crippen LogP contribution in [0.1, 0.15) is 103 Å². The molecule has 0 atom stereocenters. The van der Waals surface area contributed by atoms with Crippen molar-refractivity contribution >= 4 is 38.2 Å². The van der Waals surface area contributed by atoms with Gasteiger partial charge in [-0.1, -0.05) is 96.2 Å². The van der Waals surface area contributed by atoms with Gasteiger partial charge in [0, 0.05) is 11.3 Å². The van der Waals surface area contributed by atoms with E-state index < -0.39 is 10.1 Å². The van der Waals surface area contributed by atoms with Gasteiger partial charge in [-0.3, -0.25) is 4.55 Å². The molecule has 0 amide bonds. The lowest BCUT2D eigenvalue weighted by Crippen LogP contribution is -2.01. The number of benzene rings is 1. The molecule has 2 N–H and O–H groups in total. The maximum absolute atomic E-state index is 11.3. The minimum absolute atomic E-state index is 0.134. The molecule has 0 aliphatic rings. The number of hydrogen-bond donors (Lipinski definition) is 2. The fourth-order valence-corrected chi connectivity index (χ4v) is 4.69. The lowest BCUT2D eigenvalue weighted by Gasteiger charge is -2.04. The smallest absolute Gasteiger partial charge is 0.294 e. The monoisotopic (exact) mass is 466 g/mol. The number of thiocarbonyl (C=S) groups is 1. The number of nitrogens with one attached hydrogen (secondary N) is 1. The Bertz CT molecular complexity index is 907. The summed E-state index contributed by atoms with van der Waals surface area (Å²) in [5.41, 5.74) is 1.26. The van der Waals surface area contributed by atoms with Crippen LogP contribution in [0.25, 0.3) is 11.0 Å². The van der Waals surface area contributed by atoms with E-state index in [-0.39, 0.29) is 4.90 Å². The first-order valence-electron chi connectivity index (χ1n) is 11.9. The maximum Gasteiger partial charge on any atom is 0.294 e. The van der Waals surface area contributed by atoms with Crippen LogP contribution in [0.15, 0.2) is 23.1 Å². The summed E-state index contributed by atoms with van der Waals surface area (Å²) in [6.45, 7) is 2.26. The van der Waals surface area contributed by atoms with Gasteiger partial charge >= 0.3 is 0 Å². The van der Waals surface area contributed by atoms with Crippen LogP contribution in [0.4, 0.5) is 0 Å². The molecule has 1 aromatic heterocycles. The highest BCUT2D eigenvalue weighted by molar-refractivity contribution is 7.85. The first-order valence-corrected chi connectivity index (χ1v) is 13.7. The van der Waals surface area contributed by atoms with Gasteiger partial charge in [-0.2, -0.15) is 8.42 Å². The maximum atomic E-state index is 11.3. The van der Waals surface area contributed by atoms with Gasteiger partial charge in [0.15, 0.2) is 0 Å². The lowest BCUT2D eigenvalue weighted by atomic mass is 10.0. The number of H-pyrrole nitrogens is 1. The van der Waals surface area contributed by atoms with Crippen LogP contribution in [-0.2, 0) is 16.5 Å². The van der Waals surface area contributed by atoms with Crippen molar-refractivity contribution in [3.8, 4) is 0 Å². The predicted octanol–water partition coefficient (Wildman–Crippen LogP) is 7.20. The van der Waals surface area contributed by atoms with Crippen molar-refractivity contribution in [2.24, 2.45) is 0 Å². The Morgan fingerprint density at radius 1 is 0.935 bits per heavy atom. The zero-order valence-corrected chi connectivity index (χ0v) is 20.5. The second-order valence-corrected chi connectivity index (χ2v) is 10.5. The molecule has 0 bridgehead atoms. The number of hydrogen-bond acceptors (Lipinski definition) is 4. The molecular weight excluding hydrogens is 428 g/mol. The minimum atomic E-state index is -4.21. The molecule has 5 nitrogen and oxygen atoms in total. The topological polar surface area (TPSA) is 83.1 Å². The molecule has 174 valence electrons. The number of unbranched alkanes of at least 4 members (excludes halogenated alkanes) is 12. The molecule has 0 saturated carbocycles. The van der Waals surface area contributed by atoms with Crippen LogP contribution >= 0.6 is 12.2 Å². The van der Waals surface area contributed by atoms with Gasteiger partial charge in [-0.15, -0.1) is 0 Å². The highest BCUT2D eigenvalue weighted by Gasteiger charge is 2.12. The van der Waals surface area contributed by atoms with Crippen LogP contribution in [-0.4, -0.2) is 27.8 Å². The van der Waals surface area contributed by atoms with E-state index in [1.807, 2.05) is 0 Å². The number of aromatic nitrogens is 2. The SMILES string of the molecule is CCCCCCCCCCCCCCCC(=S)Cc1nc2ccc(S(=O)(=O)O)cc2[nH]1. The van der Waals surface area contributed by atoms with E-state index in [9.17, 15) is 8.42 Å². The first kappa shape index (κ1) is 25.9. The molecule has 1 aromatic carbocycles. The fourth-order valence-electron chi connectivity index (χ4n) is 3.90. The number of aromatic amines is 1. The van der Waals surface area contributed by atoms with E-state index in [4.69, 9.17) is 16.8 Å². The van der Waals surface area contributed by atoms with Crippen molar-refractivity contribution in [2.45, 2.75) is 108 Å². The van der Waals surface area contributed by atoms with Gasteiger partial charge in [0.25, 0.3) is 10.1 Å². The van der Waals surface area contributed by atoms with Crippen molar-refractivity contribution in [3.63, 3.8) is 0 Å². The van der Waals surface area contributed by atoms with Gasteiger partial charge < -0.3 is 4.98 Å². The Labute approximate surface area is 193 Å². The van der Waals surface area contributed by atoms with Gasteiger partial charge in [0.05, 0.1) is 15.9 Å². The van der Waals surface area contributed by atoms with Crippen molar-refractivity contribution in [3.05, 3.63) is 24.0 Å². The third-order valence-electron chi connectivity index (χ3n) is 5.72. The molecule has 0 fully saturated rings. The summed E-state index contributed by atoms with van der Waals surface area (Å²) >= 11 is 5.52. The first-order chi connectivity index (χ1) is 14.9. The average Bonchev–Trinajstić information content (AvgIpc) is 3.12. The Morgan fingerprint density at radius 3 is 2.03 bits per heavy atom. The molecule has 2 rings (SSSR count). The molecule has 2 aromatic rings. The fraction of sp³-hybridized carbons (Fsp3) is 0.667. The summed E-state index contributed by atoms with van der Waals surface area (Å²) in [6, 6.07) is 4.35. The zero-order valence-electron chi connectivity index (χ0n) is 18.9. The van der Waals surface area contributed by atoms with Gasteiger partial charge in [-0.25, -0.2) is 4.98 Å². The van der Waals surface area contributed by atoms with Crippen LogP contribution in [0.2, 0.25) is 0 Å². The minimum Gasteiger partial charge on any atom is -0.342 e. The molecule has 0 radical (unpaired) electrons. The molecule has 0 aliphatic carbocycles. The van der Waals surface area contributed by atoms with E-state index in [1.165, 1.54) is 89.2 Å². The Hall–Kier alpha value is -1.31. The third kappa shape index (κ3) is 10.2. The second kappa shape index (κ2) is 14.0. The number of fused-ring (bicyclic) bond motifs is 1. The van der Waals surface area contributed by atoms with E-state index >= 15 is 0 Å². The van der Waals surface area contributed by atoms with Crippen molar-refractivity contribution in [1.82, 2.24) is 9.97 Å². The second-order valence-electron chi connectivity index (χ2n) is 8.55. The van der Waals surface area contributed by atoms with Gasteiger partial charge in [0.1, 0.15) is 5.82 Å². The highest BCUT2D eigenvalue weighted by atomic mass is 32.2. The largest absolute Gasteiger partial charge is 0.342 e. The molecule has 0 spiro atoms. The van der Waals surface area contributed by atoms with Crippen molar-refractivity contribution in [1.29, 1.82) is 0 Å². The summed E-state index contributed by atoms with van der Waals surface area (Å²) in [4.78, 5) is 8.42. The highest BCUT2D eigenvalue weighted by Crippen LogP contribution is 2.18. The Morgan fingerprint density at radius 2 is 1.48 bits per heavy atom. The molecule has 0 unspecified atom stereocenters. The summed E-state index contributed by atoms with van der Waals surface area (Å²) < 4.78 is 31.7. The summed E-state index contributed by atoms with van der Waals surface area (Å²) in [7, 11) is -4.21. The standard InChI is InChI=1S/C24H38N2O3S2/c1-2-3-4-5-6-7-8-9-10-11-12-13-14-15-20(30)18-24-25-22-17-16-21(31(27,28)29)19-23(22)26-24/h16-17,19H,2-15,18H2,1H3,(H,25,26)(H,27,28,29). The Balaban J connectivity index is 1.54.